The summed E-state index contributed by atoms with van der Waals surface area (Å²) >= 11 is 0. The Kier molecular flexibility index (Phi) is 2.69. The van der Waals surface area contributed by atoms with Crippen molar-refractivity contribution in [2.75, 3.05) is 13.1 Å². The van der Waals surface area contributed by atoms with Crippen LogP contribution < -0.4 is 0 Å². The number of benzene rings is 1. The largest absolute Gasteiger partial charge is 0.481 e. The topological polar surface area (TPSA) is 66.8 Å². The fourth-order valence-electron chi connectivity index (χ4n) is 2.70. The van der Waals surface area contributed by atoms with Crippen molar-refractivity contribution in [3.63, 3.8) is 0 Å². The van der Waals surface area contributed by atoms with E-state index >= 15 is 0 Å². The second-order valence-electron chi connectivity index (χ2n) is 5.35. The molecule has 3 rings (SSSR count). The average Bonchev–Trinajstić information content (AvgIpc) is 3.11. The molecular formula is C14H15NO4. The van der Waals surface area contributed by atoms with E-state index in [4.69, 9.17) is 9.84 Å². The van der Waals surface area contributed by atoms with Crippen molar-refractivity contribution in [2.24, 2.45) is 11.3 Å². The van der Waals surface area contributed by atoms with E-state index in [1.807, 2.05) is 30.3 Å². The molecule has 100 valence electrons. The van der Waals surface area contributed by atoms with Crippen LogP contribution >= 0.6 is 0 Å². The fourth-order valence-corrected chi connectivity index (χ4v) is 2.70. The molecule has 0 unspecified atom stereocenters. The molecule has 1 atom stereocenters. The summed E-state index contributed by atoms with van der Waals surface area (Å²) in [7, 11) is 0. The molecule has 1 amide bonds. The summed E-state index contributed by atoms with van der Waals surface area (Å²) in [6.07, 6.45) is 0.329. The van der Waals surface area contributed by atoms with Crippen LogP contribution in [0.3, 0.4) is 0 Å². The Morgan fingerprint density at radius 3 is 2.58 bits per heavy atom. The van der Waals surface area contributed by atoms with E-state index in [0.717, 1.165) is 5.56 Å². The van der Waals surface area contributed by atoms with Gasteiger partial charge in [0.15, 0.2) is 0 Å². The Morgan fingerprint density at radius 2 is 2.00 bits per heavy atom. The Hall–Kier alpha value is -2.04. The maximum atomic E-state index is 11.7. The molecule has 1 saturated heterocycles. The van der Waals surface area contributed by atoms with Crippen LogP contribution in [-0.4, -0.2) is 35.2 Å². The third kappa shape index (κ3) is 2.16. The van der Waals surface area contributed by atoms with Crippen LogP contribution in [-0.2, 0) is 16.1 Å². The SMILES string of the molecule is O=C(O)[C@H]1CC12CN(C(=O)OCc1ccccc1)C2. The van der Waals surface area contributed by atoms with Crippen LogP contribution in [0.25, 0.3) is 0 Å². The van der Waals surface area contributed by atoms with Gasteiger partial charge in [-0.1, -0.05) is 30.3 Å². The molecule has 0 aromatic heterocycles. The van der Waals surface area contributed by atoms with Gasteiger partial charge in [-0.25, -0.2) is 4.79 Å². The van der Waals surface area contributed by atoms with Crippen LogP contribution in [0.1, 0.15) is 12.0 Å². The third-order valence-corrected chi connectivity index (χ3v) is 3.96. The molecule has 2 fully saturated rings. The first-order valence-corrected chi connectivity index (χ1v) is 6.29. The summed E-state index contributed by atoms with van der Waals surface area (Å²) in [5.41, 5.74) is 0.790. The third-order valence-electron chi connectivity index (χ3n) is 3.96. The predicted molar refractivity (Wildman–Crippen MR) is 66.4 cm³/mol. The highest BCUT2D eigenvalue weighted by atomic mass is 16.6. The number of hydrogen-bond acceptors (Lipinski definition) is 3. The number of hydrogen-bond donors (Lipinski definition) is 1. The van der Waals surface area contributed by atoms with E-state index in [1.165, 1.54) is 0 Å². The number of rotatable bonds is 3. The van der Waals surface area contributed by atoms with Gasteiger partial charge in [-0.3, -0.25) is 4.79 Å². The normalized spacial score (nSPS) is 22.7. The summed E-state index contributed by atoms with van der Waals surface area (Å²) in [5.74, 6) is -1.03. The summed E-state index contributed by atoms with van der Waals surface area (Å²) in [6.45, 7) is 1.28. The molecule has 19 heavy (non-hydrogen) atoms. The van der Waals surface area contributed by atoms with Crippen LogP contribution in [0, 0.1) is 11.3 Å². The standard InChI is InChI=1S/C14H15NO4/c16-12(17)11-6-14(11)8-15(9-14)13(18)19-7-10-4-2-1-3-5-10/h1-5,11H,6-9H2,(H,16,17)/t11-/m1/s1. The average molecular weight is 261 g/mol. The molecule has 5 nitrogen and oxygen atoms in total. The molecular weight excluding hydrogens is 246 g/mol. The van der Waals surface area contributed by atoms with Gasteiger partial charge in [0.05, 0.1) is 5.92 Å². The number of ether oxygens (including phenoxy) is 1. The maximum Gasteiger partial charge on any atom is 0.410 e. The smallest absolute Gasteiger partial charge is 0.410 e. The molecule has 1 heterocycles. The van der Waals surface area contributed by atoms with Gasteiger partial charge >= 0.3 is 12.1 Å². The summed E-state index contributed by atoms with van der Waals surface area (Å²) < 4.78 is 5.19. The zero-order chi connectivity index (χ0) is 13.5. The van der Waals surface area contributed by atoms with Gasteiger partial charge in [-0.2, -0.15) is 0 Å². The second-order valence-corrected chi connectivity index (χ2v) is 5.35. The van der Waals surface area contributed by atoms with Crippen molar-refractivity contribution in [1.82, 2.24) is 4.90 Å². The zero-order valence-corrected chi connectivity index (χ0v) is 10.4. The van der Waals surface area contributed by atoms with E-state index in [1.54, 1.807) is 4.90 Å². The minimum absolute atomic E-state index is 0.155. The Morgan fingerprint density at radius 1 is 1.32 bits per heavy atom. The Labute approximate surface area is 110 Å². The van der Waals surface area contributed by atoms with Gasteiger partial charge in [0.25, 0.3) is 0 Å². The second kappa shape index (κ2) is 4.26. The molecule has 1 spiro atoms. The quantitative estimate of drug-likeness (QED) is 0.899. The van der Waals surface area contributed by atoms with Gasteiger partial charge in [-0.15, -0.1) is 0 Å². The number of likely N-dealkylation sites (tertiary alicyclic amines) is 1. The highest BCUT2D eigenvalue weighted by molar-refractivity contribution is 5.77. The molecule has 0 radical (unpaired) electrons. The van der Waals surface area contributed by atoms with Crippen molar-refractivity contribution >= 4 is 12.1 Å². The van der Waals surface area contributed by atoms with Crippen molar-refractivity contribution in [1.29, 1.82) is 0 Å². The van der Waals surface area contributed by atoms with Gasteiger partial charge in [-0.05, 0) is 12.0 Å². The van der Waals surface area contributed by atoms with E-state index < -0.39 is 5.97 Å². The summed E-state index contributed by atoms with van der Waals surface area (Å²) in [5, 5.41) is 8.90. The first-order valence-electron chi connectivity index (χ1n) is 6.29. The fraction of sp³-hybridized carbons (Fsp3) is 0.429. The van der Waals surface area contributed by atoms with Crippen LogP contribution in [0.5, 0.6) is 0 Å². The molecule has 1 aliphatic carbocycles. The van der Waals surface area contributed by atoms with E-state index in [0.29, 0.717) is 19.5 Å². The minimum atomic E-state index is -0.752. The van der Waals surface area contributed by atoms with Crippen LogP contribution in [0.4, 0.5) is 4.79 Å². The van der Waals surface area contributed by atoms with Gasteiger partial charge in [0.1, 0.15) is 6.61 Å². The van der Waals surface area contributed by atoms with Crippen molar-refractivity contribution in [3.05, 3.63) is 35.9 Å². The predicted octanol–water partition coefficient (Wildman–Crippen LogP) is 1.73. The number of carbonyl (C=O) groups excluding carboxylic acids is 1. The number of nitrogens with zero attached hydrogens (tertiary/aromatic N) is 1. The maximum absolute atomic E-state index is 11.7. The first kappa shape index (κ1) is 12.0. The van der Waals surface area contributed by atoms with Crippen LogP contribution in [0.2, 0.25) is 0 Å². The van der Waals surface area contributed by atoms with E-state index in [-0.39, 0.29) is 24.0 Å². The number of carbonyl (C=O) groups is 2. The van der Waals surface area contributed by atoms with Crippen LogP contribution in [0.15, 0.2) is 30.3 Å². The van der Waals surface area contributed by atoms with Gasteiger partial charge < -0.3 is 14.7 Å². The summed E-state index contributed by atoms with van der Waals surface area (Å²) in [4.78, 5) is 24.1. The molecule has 0 bridgehead atoms. The van der Waals surface area contributed by atoms with Crippen molar-refractivity contribution in [3.8, 4) is 0 Å². The van der Waals surface area contributed by atoms with Gasteiger partial charge in [0, 0.05) is 18.5 Å². The lowest BCUT2D eigenvalue weighted by molar-refractivity contribution is -0.140. The van der Waals surface area contributed by atoms with E-state index in [2.05, 4.69) is 0 Å². The lowest BCUT2D eigenvalue weighted by Crippen LogP contribution is -2.53. The highest BCUT2D eigenvalue weighted by Crippen LogP contribution is 2.58. The number of carboxylic acids is 1. The molecule has 1 saturated carbocycles. The van der Waals surface area contributed by atoms with E-state index in [9.17, 15) is 9.59 Å². The van der Waals surface area contributed by atoms with Crippen molar-refractivity contribution < 1.29 is 19.4 Å². The number of amides is 1. The summed E-state index contributed by atoms with van der Waals surface area (Å²) in [6, 6.07) is 9.48. The lowest BCUT2D eigenvalue weighted by atomic mass is 9.94. The highest BCUT2D eigenvalue weighted by Gasteiger charge is 2.66. The van der Waals surface area contributed by atoms with Gasteiger partial charge in [0.2, 0.25) is 0 Å². The minimum Gasteiger partial charge on any atom is -0.481 e. The molecule has 2 aliphatic rings. The number of carboxylic acid groups (broad SMARTS) is 1. The molecule has 5 heteroatoms. The Balaban J connectivity index is 1.45. The number of aliphatic carboxylic acids is 1. The Bertz CT molecular complexity index is 507. The zero-order valence-electron chi connectivity index (χ0n) is 10.4. The molecule has 1 aliphatic heterocycles. The molecule has 1 N–H and O–H groups in total. The first-order chi connectivity index (χ1) is 9.11. The molecule has 1 aromatic carbocycles. The van der Waals surface area contributed by atoms with Crippen molar-refractivity contribution in [2.45, 2.75) is 13.0 Å². The monoisotopic (exact) mass is 261 g/mol. The lowest BCUT2D eigenvalue weighted by Gasteiger charge is -2.39. The molecule has 1 aromatic rings.